The Morgan fingerprint density at radius 3 is 1.50 bits per heavy atom. The first-order valence-electron chi connectivity index (χ1n) is 4.20. The average molecular weight is 160 g/mol. The Balaban J connectivity index is 3.73. The zero-order valence-corrected chi connectivity index (χ0v) is 8.49. The summed E-state index contributed by atoms with van der Waals surface area (Å²) in [6.07, 6.45) is 1.26. The summed E-state index contributed by atoms with van der Waals surface area (Å²) < 4.78 is 0. The van der Waals surface area contributed by atoms with E-state index in [1.807, 2.05) is 0 Å². The molecule has 0 unspecified atom stereocenters. The first kappa shape index (κ1) is 10.3. The van der Waals surface area contributed by atoms with E-state index in [0.717, 1.165) is 23.5 Å². The van der Waals surface area contributed by atoms with Gasteiger partial charge in [0, 0.05) is 0 Å². The minimum absolute atomic E-state index is 0.812. The number of hydrogen-bond donors (Lipinski definition) is 1. The summed E-state index contributed by atoms with van der Waals surface area (Å²) in [6, 6.07) is 0. The van der Waals surface area contributed by atoms with Crippen LogP contribution in [0.15, 0.2) is 0 Å². The largest absolute Gasteiger partial charge is 0.179 e. The number of thiol groups is 1. The average Bonchev–Trinajstić information content (AvgIpc) is 1.81. The van der Waals surface area contributed by atoms with Crippen molar-refractivity contribution in [2.24, 2.45) is 17.8 Å². The Morgan fingerprint density at radius 2 is 1.40 bits per heavy atom. The molecule has 0 aromatic heterocycles. The van der Waals surface area contributed by atoms with Gasteiger partial charge in [0.05, 0.1) is 0 Å². The van der Waals surface area contributed by atoms with Gasteiger partial charge in [-0.1, -0.05) is 27.7 Å². The van der Waals surface area contributed by atoms with Gasteiger partial charge in [-0.3, -0.25) is 0 Å². The second-order valence-corrected chi connectivity index (χ2v) is 4.11. The molecule has 0 fully saturated rings. The van der Waals surface area contributed by atoms with Gasteiger partial charge in [0.25, 0.3) is 0 Å². The monoisotopic (exact) mass is 160 g/mol. The van der Waals surface area contributed by atoms with Crippen molar-refractivity contribution in [2.45, 2.75) is 34.1 Å². The standard InChI is InChI=1S/C9H20S/c1-7(2)9(5-6-10)8(3)4/h7-10H,5-6H2,1-4H3. The van der Waals surface area contributed by atoms with Crippen molar-refractivity contribution in [2.75, 3.05) is 5.75 Å². The normalized spacial score (nSPS) is 12.0. The fourth-order valence-corrected chi connectivity index (χ4v) is 1.88. The molecule has 0 atom stereocenters. The van der Waals surface area contributed by atoms with Crippen molar-refractivity contribution in [3.8, 4) is 0 Å². The minimum atomic E-state index is 0.812. The van der Waals surface area contributed by atoms with Crippen molar-refractivity contribution >= 4 is 12.6 Å². The van der Waals surface area contributed by atoms with Crippen molar-refractivity contribution in [1.29, 1.82) is 0 Å². The predicted octanol–water partition coefficient (Wildman–Crippen LogP) is 3.23. The highest BCUT2D eigenvalue weighted by molar-refractivity contribution is 7.80. The molecule has 62 valence electrons. The molecule has 0 heterocycles. The molecular weight excluding hydrogens is 140 g/mol. The van der Waals surface area contributed by atoms with Crippen molar-refractivity contribution in [3.63, 3.8) is 0 Å². The smallest absolute Gasteiger partial charge is 0.00951 e. The van der Waals surface area contributed by atoms with Crippen LogP contribution in [0.3, 0.4) is 0 Å². The minimum Gasteiger partial charge on any atom is -0.179 e. The SMILES string of the molecule is CC(C)C(CCS)C(C)C. The van der Waals surface area contributed by atoms with Crippen LogP contribution in [0.1, 0.15) is 34.1 Å². The van der Waals surface area contributed by atoms with Gasteiger partial charge >= 0.3 is 0 Å². The molecule has 10 heavy (non-hydrogen) atoms. The molecule has 0 aliphatic heterocycles. The summed E-state index contributed by atoms with van der Waals surface area (Å²) in [5, 5.41) is 0. The lowest BCUT2D eigenvalue weighted by molar-refractivity contribution is 0.281. The van der Waals surface area contributed by atoms with Crippen LogP contribution in [-0.4, -0.2) is 5.75 Å². The van der Waals surface area contributed by atoms with E-state index in [2.05, 4.69) is 40.3 Å². The maximum Gasteiger partial charge on any atom is -0.00951 e. The maximum atomic E-state index is 4.25. The molecule has 0 amide bonds. The van der Waals surface area contributed by atoms with Crippen LogP contribution in [-0.2, 0) is 0 Å². The van der Waals surface area contributed by atoms with Gasteiger partial charge in [-0.15, -0.1) is 0 Å². The van der Waals surface area contributed by atoms with Gasteiger partial charge in [-0.2, -0.15) is 12.6 Å². The van der Waals surface area contributed by atoms with E-state index < -0.39 is 0 Å². The Hall–Kier alpha value is 0.350. The van der Waals surface area contributed by atoms with E-state index >= 15 is 0 Å². The van der Waals surface area contributed by atoms with Crippen LogP contribution in [0.25, 0.3) is 0 Å². The Kier molecular flexibility index (Phi) is 5.24. The molecule has 0 aromatic carbocycles. The highest BCUT2D eigenvalue weighted by Gasteiger charge is 2.15. The molecule has 0 nitrogen and oxygen atoms in total. The molecule has 0 saturated heterocycles. The topological polar surface area (TPSA) is 0 Å². The molecule has 0 N–H and O–H groups in total. The Morgan fingerprint density at radius 1 is 1.00 bits per heavy atom. The van der Waals surface area contributed by atoms with E-state index in [0.29, 0.717) is 0 Å². The lowest BCUT2D eigenvalue weighted by atomic mass is 9.84. The van der Waals surface area contributed by atoms with E-state index in [4.69, 9.17) is 0 Å². The van der Waals surface area contributed by atoms with Gasteiger partial charge < -0.3 is 0 Å². The summed E-state index contributed by atoms with van der Waals surface area (Å²) in [4.78, 5) is 0. The highest BCUT2D eigenvalue weighted by atomic mass is 32.1. The number of hydrogen-bond acceptors (Lipinski definition) is 1. The maximum absolute atomic E-state index is 4.25. The van der Waals surface area contributed by atoms with E-state index in [9.17, 15) is 0 Å². The summed E-state index contributed by atoms with van der Waals surface area (Å²) >= 11 is 4.25. The first-order valence-corrected chi connectivity index (χ1v) is 4.83. The lowest BCUT2D eigenvalue weighted by Crippen LogP contribution is -2.15. The summed E-state index contributed by atoms with van der Waals surface area (Å²) in [5.74, 6) is 3.51. The highest BCUT2D eigenvalue weighted by Crippen LogP contribution is 2.23. The van der Waals surface area contributed by atoms with Crippen molar-refractivity contribution < 1.29 is 0 Å². The Bertz CT molecular complexity index is 68.8. The first-order chi connectivity index (χ1) is 4.59. The van der Waals surface area contributed by atoms with Gasteiger partial charge in [-0.05, 0) is 29.9 Å². The van der Waals surface area contributed by atoms with E-state index in [1.165, 1.54) is 6.42 Å². The molecule has 0 aliphatic carbocycles. The van der Waals surface area contributed by atoms with Gasteiger partial charge in [-0.25, -0.2) is 0 Å². The second-order valence-electron chi connectivity index (χ2n) is 3.66. The molecule has 0 bridgehead atoms. The van der Waals surface area contributed by atoms with Crippen LogP contribution in [0.4, 0.5) is 0 Å². The zero-order valence-electron chi connectivity index (χ0n) is 7.59. The van der Waals surface area contributed by atoms with Crippen LogP contribution < -0.4 is 0 Å². The summed E-state index contributed by atoms with van der Waals surface area (Å²) in [7, 11) is 0. The Labute approximate surface area is 70.8 Å². The van der Waals surface area contributed by atoms with E-state index in [1.54, 1.807) is 0 Å². The van der Waals surface area contributed by atoms with Crippen LogP contribution >= 0.6 is 12.6 Å². The van der Waals surface area contributed by atoms with Crippen LogP contribution in [0, 0.1) is 17.8 Å². The molecule has 0 spiro atoms. The van der Waals surface area contributed by atoms with E-state index in [-0.39, 0.29) is 0 Å². The lowest BCUT2D eigenvalue weighted by Gasteiger charge is -2.23. The molecule has 0 aromatic rings. The molecule has 0 radical (unpaired) electrons. The van der Waals surface area contributed by atoms with Crippen LogP contribution in [0.5, 0.6) is 0 Å². The quantitative estimate of drug-likeness (QED) is 0.600. The predicted molar refractivity (Wildman–Crippen MR) is 51.6 cm³/mol. The zero-order chi connectivity index (χ0) is 8.15. The fourth-order valence-electron chi connectivity index (χ4n) is 1.59. The molecule has 0 saturated carbocycles. The second kappa shape index (κ2) is 5.06. The summed E-state index contributed by atoms with van der Waals surface area (Å²) in [5.41, 5.74) is 0. The van der Waals surface area contributed by atoms with Crippen molar-refractivity contribution in [1.82, 2.24) is 0 Å². The molecule has 0 rings (SSSR count). The number of rotatable bonds is 4. The molecule has 0 aliphatic rings. The molecular formula is C9H20S. The van der Waals surface area contributed by atoms with Gasteiger partial charge in [0.2, 0.25) is 0 Å². The van der Waals surface area contributed by atoms with Crippen LogP contribution in [0.2, 0.25) is 0 Å². The van der Waals surface area contributed by atoms with Gasteiger partial charge in [0.1, 0.15) is 0 Å². The third kappa shape index (κ3) is 3.50. The molecule has 1 heteroatoms. The third-order valence-corrected chi connectivity index (χ3v) is 2.43. The fraction of sp³-hybridized carbons (Fsp3) is 1.00. The van der Waals surface area contributed by atoms with Gasteiger partial charge in [0.15, 0.2) is 0 Å². The van der Waals surface area contributed by atoms with Crippen molar-refractivity contribution in [3.05, 3.63) is 0 Å². The summed E-state index contributed by atoms with van der Waals surface area (Å²) in [6.45, 7) is 9.20. The third-order valence-electron chi connectivity index (χ3n) is 2.18.